The first kappa shape index (κ1) is 23.8. The minimum atomic E-state index is -0.208. The van der Waals surface area contributed by atoms with Crippen LogP contribution in [0.1, 0.15) is 22.3 Å². The molecule has 0 aromatic heterocycles. The maximum atomic E-state index is 12.3. The Labute approximate surface area is 206 Å². The van der Waals surface area contributed by atoms with Crippen LogP contribution in [-0.4, -0.2) is 18.7 Å². The molecule has 0 heterocycles. The Balaban J connectivity index is 1.31. The summed E-state index contributed by atoms with van der Waals surface area (Å²) in [6, 6.07) is 28.8. The van der Waals surface area contributed by atoms with E-state index in [4.69, 9.17) is 9.47 Å². The third-order valence-corrected chi connectivity index (χ3v) is 5.47. The molecule has 0 unspecified atom stereocenters. The molecule has 0 saturated carbocycles. The zero-order valence-electron chi connectivity index (χ0n) is 20.1. The molecule has 0 aliphatic carbocycles. The summed E-state index contributed by atoms with van der Waals surface area (Å²) >= 11 is 0. The van der Waals surface area contributed by atoms with Crippen molar-refractivity contribution in [1.29, 1.82) is 0 Å². The number of carbonyl (C=O) groups is 1. The lowest BCUT2D eigenvalue weighted by Gasteiger charge is -2.09. The van der Waals surface area contributed by atoms with Crippen molar-refractivity contribution < 1.29 is 14.3 Å². The van der Waals surface area contributed by atoms with Crippen molar-refractivity contribution in [3.63, 3.8) is 0 Å². The lowest BCUT2D eigenvalue weighted by atomic mass is 10.1. The fourth-order valence-electron chi connectivity index (χ4n) is 3.34. The van der Waals surface area contributed by atoms with Gasteiger partial charge in [-0.3, -0.25) is 9.79 Å². The van der Waals surface area contributed by atoms with Crippen molar-refractivity contribution in [3.8, 4) is 17.2 Å². The van der Waals surface area contributed by atoms with Crippen molar-refractivity contribution in [2.45, 2.75) is 20.8 Å². The number of rotatable bonds is 8. The highest BCUT2D eigenvalue weighted by molar-refractivity contribution is 5.92. The molecule has 35 heavy (non-hydrogen) atoms. The zero-order chi connectivity index (χ0) is 24.6. The third-order valence-electron chi connectivity index (χ3n) is 5.47. The van der Waals surface area contributed by atoms with E-state index in [0.29, 0.717) is 5.75 Å². The maximum absolute atomic E-state index is 12.3. The summed E-state index contributed by atoms with van der Waals surface area (Å²) in [5.74, 6) is 1.94. The number of nitrogens with one attached hydrogen (secondary N) is 1. The monoisotopic (exact) mass is 464 g/mol. The van der Waals surface area contributed by atoms with Gasteiger partial charge in [-0.15, -0.1) is 0 Å². The topological polar surface area (TPSA) is 59.9 Å². The van der Waals surface area contributed by atoms with E-state index in [9.17, 15) is 4.79 Å². The van der Waals surface area contributed by atoms with Gasteiger partial charge in [0.15, 0.2) is 6.61 Å². The molecule has 0 aliphatic heterocycles. The molecule has 176 valence electrons. The molecule has 4 aromatic carbocycles. The normalized spacial score (nSPS) is 10.8. The molecule has 5 heteroatoms. The summed E-state index contributed by atoms with van der Waals surface area (Å²) in [7, 11) is 0. The van der Waals surface area contributed by atoms with E-state index < -0.39 is 0 Å². The van der Waals surface area contributed by atoms with Crippen LogP contribution in [-0.2, 0) is 4.79 Å². The Morgan fingerprint density at radius 1 is 0.800 bits per heavy atom. The molecular weight excluding hydrogens is 436 g/mol. The van der Waals surface area contributed by atoms with Crippen LogP contribution in [0.5, 0.6) is 17.2 Å². The van der Waals surface area contributed by atoms with Crippen molar-refractivity contribution >= 4 is 23.5 Å². The highest BCUT2D eigenvalue weighted by atomic mass is 16.5. The van der Waals surface area contributed by atoms with Crippen LogP contribution in [0.2, 0.25) is 0 Å². The van der Waals surface area contributed by atoms with Crippen LogP contribution in [0, 0.1) is 20.8 Å². The molecule has 0 saturated heterocycles. The van der Waals surface area contributed by atoms with Gasteiger partial charge in [-0.1, -0.05) is 35.9 Å². The van der Waals surface area contributed by atoms with E-state index in [1.807, 2.05) is 112 Å². The van der Waals surface area contributed by atoms with Crippen LogP contribution in [0.3, 0.4) is 0 Å². The van der Waals surface area contributed by atoms with Gasteiger partial charge in [0.1, 0.15) is 17.2 Å². The van der Waals surface area contributed by atoms with E-state index >= 15 is 0 Å². The van der Waals surface area contributed by atoms with Crippen LogP contribution >= 0.6 is 0 Å². The molecule has 4 rings (SSSR count). The van der Waals surface area contributed by atoms with Crippen molar-refractivity contribution in [3.05, 3.63) is 113 Å². The number of hydrogen-bond acceptors (Lipinski definition) is 4. The van der Waals surface area contributed by atoms with E-state index in [1.165, 1.54) is 11.1 Å². The number of carbonyl (C=O) groups excluding carboxylic acids is 1. The minimum Gasteiger partial charge on any atom is -0.484 e. The average molecular weight is 465 g/mol. The summed E-state index contributed by atoms with van der Waals surface area (Å²) in [5.41, 5.74) is 5.95. The second-order valence-electron chi connectivity index (χ2n) is 8.38. The number of nitrogens with zero attached hydrogens (tertiary/aromatic N) is 1. The standard InChI is InChI=1S/C30H28N2O3/c1-21-7-13-27(14-8-21)35-28-15-11-25(12-16-28)31-19-24-5-4-6-29(18-24)34-20-30(33)32-26-10-9-22(2)23(3)17-26/h4-19H,20H2,1-3H3,(H,32,33). The Hall–Kier alpha value is -4.38. The van der Waals surface area contributed by atoms with E-state index in [2.05, 4.69) is 10.3 Å². The van der Waals surface area contributed by atoms with Gasteiger partial charge in [-0.2, -0.15) is 0 Å². The number of aryl methyl sites for hydroxylation is 3. The maximum Gasteiger partial charge on any atom is 0.262 e. The van der Waals surface area contributed by atoms with Crippen LogP contribution in [0.15, 0.2) is 96.0 Å². The minimum absolute atomic E-state index is 0.0734. The predicted molar refractivity (Wildman–Crippen MR) is 141 cm³/mol. The van der Waals surface area contributed by atoms with Crippen molar-refractivity contribution in [1.82, 2.24) is 0 Å². The number of hydrogen-bond donors (Lipinski definition) is 1. The average Bonchev–Trinajstić information content (AvgIpc) is 2.86. The van der Waals surface area contributed by atoms with Crippen molar-refractivity contribution in [2.24, 2.45) is 4.99 Å². The molecule has 0 bridgehead atoms. The largest absolute Gasteiger partial charge is 0.484 e. The van der Waals surface area contributed by atoms with Crippen LogP contribution < -0.4 is 14.8 Å². The SMILES string of the molecule is Cc1ccc(Oc2ccc(N=Cc3cccc(OCC(=O)Nc4ccc(C)c(C)c4)c3)cc2)cc1. The molecule has 4 aromatic rings. The zero-order valence-corrected chi connectivity index (χ0v) is 20.1. The Bertz CT molecular complexity index is 1330. The van der Waals surface area contributed by atoms with Gasteiger partial charge < -0.3 is 14.8 Å². The molecule has 0 spiro atoms. The number of benzene rings is 4. The summed E-state index contributed by atoms with van der Waals surface area (Å²) < 4.78 is 11.5. The van der Waals surface area contributed by atoms with Crippen LogP contribution in [0.25, 0.3) is 0 Å². The first-order valence-corrected chi connectivity index (χ1v) is 11.4. The highest BCUT2D eigenvalue weighted by Gasteiger charge is 2.05. The van der Waals surface area contributed by atoms with Gasteiger partial charge in [-0.05, 0) is 98.1 Å². The van der Waals surface area contributed by atoms with Gasteiger partial charge in [-0.25, -0.2) is 0 Å². The summed E-state index contributed by atoms with van der Waals surface area (Å²) in [5, 5.41) is 2.86. The van der Waals surface area contributed by atoms with Crippen molar-refractivity contribution in [2.75, 3.05) is 11.9 Å². The van der Waals surface area contributed by atoms with Gasteiger partial charge >= 0.3 is 0 Å². The number of aliphatic imine (C=N–C) groups is 1. The molecule has 1 N–H and O–H groups in total. The fourth-order valence-corrected chi connectivity index (χ4v) is 3.34. The Morgan fingerprint density at radius 3 is 2.23 bits per heavy atom. The second-order valence-corrected chi connectivity index (χ2v) is 8.38. The fraction of sp³-hybridized carbons (Fsp3) is 0.133. The van der Waals surface area contributed by atoms with Gasteiger partial charge in [0.2, 0.25) is 0 Å². The first-order chi connectivity index (χ1) is 16.9. The van der Waals surface area contributed by atoms with E-state index in [1.54, 1.807) is 6.21 Å². The molecule has 5 nitrogen and oxygen atoms in total. The van der Waals surface area contributed by atoms with Gasteiger partial charge in [0.05, 0.1) is 5.69 Å². The molecule has 0 fully saturated rings. The molecule has 0 atom stereocenters. The first-order valence-electron chi connectivity index (χ1n) is 11.4. The Morgan fingerprint density at radius 2 is 1.51 bits per heavy atom. The third kappa shape index (κ3) is 7.05. The second kappa shape index (κ2) is 11.2. The van der Waals surface area contributed by atoms with Gasteiger partial charge in [0.25, 0.3) is 5.91 Å². The quantitative estimate of drug-likeness (QED) is 0.281. The van der Waals surface area contributed by atoms with Crippen LogP contribution in [0.4, 0.5) is 11.4 Å². The molecular formula is C30H28N2O3. The smallest absolute Gasteiger partial charge is 0.262 e. The summed E-state index contributed by atoms with van der Waals surface area (Å²) in [4.78, 5) is 16.8. The lowest BCUT2D eigenvalue weighted by Crippen LogP contribution is -2.20. The van der Waals surface area contributed by atoms with E-state index in [-0.39, 0.29) is 12.5 Å². The highest BCUT2D eigenvalue weighted by Crippen LogP contribution is 2.24. The van der Waals surface area contributed by atoms with E-state index in [0.717, 1.165) is 34.0 Å². The molecule has 0 aliphatic rings. The number of amides is 1. The molecule has 1 amide bonds. The number of ether oxygens (including phenoxy) is 2. The molecule has 0 radical (unpaired) electrons. The van der Waals surface area contributed by atoms with Gasteiger partial charge in [0, 0.05) is 11.9 Å². The summed E-state index contributed by atoms with van der Waals surface area (Å²) in [6.45, 7) is 6.02. The number of anilines is 1. The summed E-state index contributed by atoms with van der Waals surface area (Å²) in [6.07, 6.45) is 1.76. The Kier molecular flexibility index (Phi) is 7.58. The predicted octanol–water partition coefficient (Wildman–Crippen LogP) is 7.17. The lowest BCUT2D eigenvalue weighted by molar-refractivity contribution is -0.118.